The predicted octanol–water partition coefficient (Wildman–Crippen LogP) is 4.41. The molecule has 8 nitrogen and oxygen atoms in total. The second kappa shape index (κ2) is 9.68. The van der Waals surface area contributed by atoms with Crippen LogP contribution in [0.4, 0.5) is 0 Å². The lowest BCUT2D eigenvalue weighted by atomic mass is 9.88. The Morgan fingerprint density at radius 1 is 1.00 bits per heavy atom. The Morgan fingerprint density at radius 3 is 2.54 bits per heavy atom. The van der Waals surface area contributed by atoms with Crippen LogP contribution < -0.4 is 9.47 Å². The number of allylic oxidation sites excluding steroid dienone is 1. The van der Waals surface area contributed by atoms with Crippen LogP contribution in [0.3, 0.4) is 0 Å². The second-order valence-corrected chi connectivity index (χ2v) is 8.42. The van der Waals surface area contributed by atoms with Crippen molar-refractivity contribution in [1.82, 2.24) is 19.8 Å². The molecule has 178 valence electrons. The molecule has 0 fully saturated rings. The molecule has 0 saturated heterocycles. The molecule has 4 aromatic rings. The topological polar surface area (TPSA) is 87.8 Å². The van der Waals surface area contributed by atoms with Gasteiger partial charge in [0.25, 0.3) is 0 Å². The zero-order chi connectivity index (χ0) is 24.4. The van der Waals surface area contributed by atoms with Gasteiger partial charge in [-0.05, 0) is 35.6 Å². The lowest BCUT2D eigenvalue weighted by molar-refractivity contribution is 0.0950. The number of carbonyl (C=O) groups is 1. The van der Waals surface area contributed by atoms with Crippen LogP contribution in [0, 0.1) is 5.92 Å². The molecule has 0 spiro atoms. The zero-order valence-corrected chi connectivity index (χ0v) is 19.9. The number of methoxy groups -OCH3 is 3. The Hall–Kier alpha value is -4.04. The van der Waals surface area contributed by atoms with Crippen molar-refractivity contribution >= 4 is 17.5 Å². The largest absolute Gasteiger partial charge is 0.493 e. The molecule has 35 heavy (non-hydrogen) atoms. The highest BCUT2D eigenvalue weighted by Gasteiger charge is 2.30. The maximum Gasteiger partial charge on any atom is 0.185 e. The Balaban J connectivity index is 1.60. The number of aromatic nitrogens is 4. The molecule has 2 heterocycles. The van der Waals surface area contributed by atoms with Gasteiger partial charge in [-0.3, -0.25) is 4.79 Å². The summed E-state index contributed by atoms with van der Waals surface area (Å²) < 4.78 is 18.1. The van der Waals surface area contributed by atoms with Gasteiger partial charge in [0, 0.05) is 13.5 Å². The van der Waals surface area contributed by atoms with Gasteiger partial charge in [0.2, 0.25) is 0 Å². The third-order valence-electron chi connectivity index (χ3n) is 6.19. The highest BCUT2D eigenvalue weighted by Crippen LogP contribution is 2.36. The minimum atomic E-state index is -0.0279. The first-order valence-corrected chi connectivity index (χ1v) is 11.4. The second-order valence-electron chi connectivity index (χ2n) is 8.42. The van der Waals surface area contributed by atoms with Crippen LogP contribution in [-0.2, 0) is 17.8 Å². The van der Waals surface area contributed by atoms with Gasteiger partial charge in [0.05, 0.1) is 37.8 Å². The molecule has 0 radical (unpaired) electrons. The van der Waals surface area contributed by atoms with E-state index < -0.39 is 0 Å². The van der Waals surface area contributed by atoms with Gasteiger partial charge in [-0.2, -0.15) is 5.10 Å². The van der Waals surface area contributed by atoms with Gasteiger partial charge in [0.15, 0.2) is 28.6 Å². The molecule has 8 heteroatoms. The first-order valence-electron chi connectivity index (χ1n) is 11.4. The number of Topliss-reactive ketones (excluding diaryl/α,β-unsaturated/α-hetero) is 1. The number of carbonyl (C=O) groups excluding carboxylic acids is 1. The Labute approximate surface area is 203 Å². The summed E-state index contributed by atoms with van der Waals surface area (Å²) in [6.45, 7) is 0.285. The van der Waals surface area contributed by atoms with Crippen LogP contribution in [0.2, 0.25) is 0 Å². The molecule has 0 amide bonds. The fourth-order valence-electron chi connectivity index (χ4n) is 4.52. The fourth-order valence-corrected chi connectivity index (χ4v) is 4.52. The summed E-state index contributed by atoms with van der Waals surface area (Å²) >= 11 is 0. The molecule has 1 aliphatic carbocycles. The van der Waals surface area contributed by atoms with Crippen LogP contribution in [0.5, 0.6) is 11.5 Å². The van der Waals surface area contributed by atoms with E-state index in [4.69, 9.17) is 19.3 Å². The van der Waals surface area contributed by atoms with Gasteiger partial charge in [-0.25, -0.2) is 4.52 Å². The molecule has 0 saturated carbocycles. The quantitative estimate of drug-likeness (QED) is 0.395. The number of ketones is 1. The molecular weight excluding hydrogens is 444 g/mol. The molecule has 1 atom stereocenters. The summed E-state index contributed by atoms with van der Waals surface area (Å²) in [4.78, 5) is 13.0. The van der Waals surface area contributed by atoms with Crippen LogP contribution in [0.1, 0.15) is 33.9 Å². The molecule has 0 bridgehead atoms. The van der Waals surface area contributed by atoms with Crippen molar-refractivity contribution in [3.05, 3.63) is 77.3 Å². The number of hydrogen-bond acceptors (Lipinski definition) is 7. The Morgan fingerprint density at radius 2 is 1.80 bits per heavy atom. The minimum Gasteiger partial charge on any atom is -0.493 e. The van der Waals surface area contributed by atoms with E-state index in [9.17, 15) is 4.79 Å². The number of ether oxygens (including phenoxy) is 3. The van der Waals surface area contributed by atoms with E-state index in [2.05, 4.69) is 22.3 Å². The molecule has 0 aliphatic heterocycles. The average Bonchev–Trinajstić information content (AvgIpc) is 3.26. The molecule has 2 aromatic carbocycles. The third-order valence-corrected chi connectivity index (χ3v) is 6.19. The van der Waals surface area contributed by atoms with Crippen molar-refractivity contribution in [2.45, 2.75) is 19.4 Å². The van der Waals surface area contributed by atoms with E-state index in [-0.39, 0.29) is 18.3 Å². The fraction of sp³-hybridized carbons (Fsp3) is 0.259. The lowest BCUT2D eigenvalue weighted by Crippen LogP contribution is -2.24. The third kappa shape index (κ3) is 4.28. The van der Waals surface area contributed by atoms with Gasteiger partial charge in [-0.1, -0.05) is 48.6 Å². The number of nitrogens with zero attached hydrogens (tertiary/aromatic N) is 4. The summed E-state index contributed by atoms with van der Waals surface area (Å²) in [5.41, 5.74) is 5.16. The van der Waals surface area contributed by atoms with E-state index in [1.165, 1.54) is 0 Å². The monoisotopic (exact) mass is 470 g/mol. The maximum absolute atomic E-state index is 13.0. The molecule has 2 aromatic heterocycles. The smallest absolute Gasteiger partial charge is 0.185 e. The van der Waals surface area contributed by atoms with Crippen molar-refractivity contribution in [2.24, 2.45) is 5.92 Å². The number of rotatable bonds is 7. The van der Waals surface area contributed by atoms with Gasteiger partial charge in [-0.15, -0.1) is 10.2 Å². The highest BCUT2D eigenvalue weighted by molar-refractivity contribution is 5.97. The van der Waals surface area contributed by atoms with Crippen molar-refractivity contribution in [3.8, 4) is 22.6 Å². The summed E-state index contributed by atoms with van der Waals surface area (Å²) in [6, 6.07) is 15.7. The molecule has 5 rings (SSSR count). The van der Waals surface area contributed by atoms with Crippen LogP contribution >= 0.6 is 0 Å². The van der Waals surface area contributed by atoms with Crippen LogP contribution in [0.15, 0.2) is 54.6 Å². The van der Waals surface area contributed by atoms with Gasteiger partial charge < -0.3 is 14.2 Å². The summed E-state index contributed by atoms with van der Waals surface area (Å²) in [6.07, 6.45) is 5.18. The molecular formula is C27H26N4O4. The summed E-state index contributed by atoms with van der Waals surface area (Å²) in [7, 11) is 4.82. The zero-order valence-electron chi connectivity index (χ0n) is 19.9. The molecule has 0 N–H and O–H groups in total. The number of benzene rings is 2. The SMILES string of the molecule is COCc1nn2c3c(nnc2c1-c1ccc(OC)c(OC)c1)C(=O)CC(/C=C/c1ccccc1)C3. The van der Waals surface area contributed by atoms with Crippen molar-refractivity contribution in [2.75, 3.05) is 21.3 Å². The maximum atomic E-state index is 13.0. The summed E-state index contributed by atoms with van der Waals surface area (Å²) in [5, 5.41) is 13.6. The summed E-state index contributed by atoms with van der Waals surface area (Å²) in [5.74, 6) is 1.24. The van der Waals surface area contributed by atoms with E-state index in [0.717, 1.165) is 22.4 Å². The van der Waals surface area contributed by atoms with E-state index in [1.54, 1.807) is 25.8 Å². The first-order chi connectivity index (χ1) is 17.1. The Bertz CT molecular complexity index is 1410. The predicted molar refractivity (Wildman–Crippen MR) is 132 cm³/mol. The lowest BCUT2D eigenvalue weighted by Gasteiger charge is -2.20. The van der Waals surface area contributed by atoms with E-state index in [0.29, 0.717) is 41.4 Å². The van der Waals surface area contributed by atoms with Gasteiger partial charge >= 0.3 is 0 Å². The number of fused-ring (bicyclic) bond motifs is 3. The Kier molecular flexibility index (Phi) is 6.29. The molecule has 1 unspecified atom stereocenters. The van der Waals surface area contributed by atoms with Crippen molar-refractivity contribution in [1.29, 1.82) is 0 Å². The van der Waals surface area contributed by atoms with E-state index >= 15 is 0 Å². The van der Waals surface area contributed by atoms with Crippen molar-refractivity contribution < 1.29 is 19.0 Å². The van der Waals surface area contributed by atoms with Gasteiger partial charge in [0.1, 0.15) is 0 Å². The average molecular weight is 471 g/mol. The normalized spacial score (nSPS) is 15.5. The number of hydrogen-bond donors (Lipinski definition) is 0. The van der Waals surface area contributed by atoms with Crippen LogP contribution in [-0.4, -0.2) is 46.9 Å². The minimum absolute atomic E-state index is 0.0279. The standard InChI is InChI=1S/C27H26N4O4/c1-33-16-20-25(19-11-12-23(34-2)24(15-19)35-3)27-29-28-26-21(31(27)30-20)13-18(14-22(26)32)10-9-17-7-5-4-6-8-17/h4-12,15,18H,13-14,16H2,1-3H3/b10-9+. The van der Waals surface area contributed by atoms with E-state index in [1.807, 2.05) is 48.5 Å². The van der Waals surface area contributed by atoms with Crippen LogP contribution in [0.25, 0.3) is 22.9 Å². The highest BCUT2D eigenvalue weighted by atomic mass is 16.5. The van der Waals surface area contributed by atoms with Crippen molar-refractivity contribution in [3.63, 3.8) is 0 Å². The molecule has 1 aliphatic rings. The first kappa shape index (κ1) is 22.7.